The van der Waals surface area contributed by atoms with Crippen LogP contribution in [0, 0.1) is 0 Å². The van der Waals surface area contributed by atoms with E-state index < -0.39 is 0 Å². The molecule has 1 fully saturated rings. The van der Waals surface area contributed by atoms with Crippen LogP contribution < -0.4 is 16.0 Å². The SMILES string of the molecule is NCc1cccc(C2=C(C(=O)Nc3ccc(N4CCCCC4=O)cc3)CCC2)c1. The van der Waals surface area contributed by atoms with E-state index in [-0.39, 0.29) is 11.8 Å². The number of nitrogens with zero attached hydrogens (tertiary/aromatic N) is 1. The number of carbonyl (C=O) groups is 2. The minimum absolute atomic E-state index is 0.0440. The molecule has 0 spiro atoms. The maximum absolute atomic E-state index is 12.9. The first kappa shape index (κ1) is 19.4. The number of nitrogens with two attached hydrogens (primary N) is 1. The molecule has 1 saturated heterocycles. The topological polar surface area (TPSA) is 75.4 Å². The smallest absolute Gasteiger partial charge is 0.251 e. The second-order valence-electron chi connectivity index (χ2n) is 7.72. The van der Waals surface area contributed by atoms with E-state index in [1.165, 1.54) is 0 Å². The predicted octanol–water partition coefficient (Wildman–Crippen LogP) is 4.24. The van der Waals surface area contributed by atoms with Gasteiger partial charge in [0.2, 0.25) is 5.91 Å². The maximum Gasteiger partial charge on any atom is 0.251 e. The third-order valence-electron chi connectivity index (χ3n) is 5.76. The lowest BCUT2D eigenvalue weighted by atomic mass is 9.99. The van der Waals surface area contributed by atoms with Crippen LogP contribution in [0.15, 0.2) is 54.1 Å². The van der Waals surface area contributed by atoms with Crippen molar-refractivity contribution in [2.45, 2.75) is 45.1 Å². The molecule has 1 aliphatic carbocycles. The van der Waals surface area contributed by atoms with Crippen molar-refractivity contribution in [1.29, 1.82) is 0 Å². The number of hydrogen-bond acceptors (Lipinski definition) is 3. The molecule has 3 N–H and O–H groups in total. The highest BCUT2D eigenvalue weighted by atomic mass is 16.2. The van der Waals surface area contributed by atoms with Gasteiger partial charge in [-0.05, 0) is 73.1 Å². The molecule has 5 heteroatoms. The third kappa shape index (κ3) is 4.25. The summed E-state index contributed by atoms with van der Waals surface area (Å²) in [4.78, 5) is 26.9. The fourth-order valence-corrected chi connectivity index (χ4v) is 4.21. The summed E-state index contributed by atoms with van der Waals surface area (Å²) < 4.78 is 0. The van der Waals surface area contributed by atoms with E-state index in [1.54, 1.807) is 0 Å². The summed E-state index contributed by atoms with van der Waals surface area (Å²) in [5.74, 6) is 0.131. The van der Waals surface area contributed by atoms with Crippen molar-refractivity contribution in [3.63, 3.8) is 0 Å². The zero-order valence-electron chi connectivity index (χ0n) is 16.6. The second-order valence-corrected chi connectivity index (χ2v) is 7.72. The molecule has 29 heavy (non-hydrogen) atoms. The van der Waals surface area contributed by atoms with Gasteiger partial charge in [0.1, 0.15) is 0 Å². The molecule has 1 aliphatic heterocycles. The van der Waals surface area contributed by atoms with E-state index in [1.807, 2.05) is 41.3 Å². The maximum atomic E-state index is 12.9. The Morgan fingerprint density at radius 2 is 1.83 bits per heavy atom. The first-order valence-corrected chi connectivity index (χ1v) is 10.4. The Kier molecular flexibility index (Phi) is 5.76. The predicted molar refractivity (Wildman–Crippen MR) is 116 cm³/mol. The molecule has 5 nitrogen and oxygen atoms in total. The van der Waals surface area contributed by atoms with E-state index >= 15 is 0 Å². The van der Waals surface area contributed by atoms with Gasteiger partial charge in [-0.25, -0.2) is 0 Å². The van der Waals surface area contributed by atoms with Gasteiger partial charge in [0.25, 0.3) is 5.91 Å². The molecule has 150 valence electrons. The highest BCUT2D eigenvalue weighted by molar-refractivity contribution is 6.09. The average molecular weight is 389 g/mol. The Morgan fingerprint density at radius 1 is 1.00 bits per heavy atom. The Balaban J connectivity index is 1.50. The van der Waals surface area contributed by atoms with Crippen molar-refractivity contribution >= 4 is 28.8 Å². The summed E-state index contributed by atoms with van der Waals surface area (Å²) in [6.07, 6.45) is 5.30. The van der Waals surface area contributed by atoms with Gasteiger partial charge in [-0.1, -0.05) is 24.3 Å². The van der Waals surface area contributed by atoms with Crippen molar-refractivity contribution in [3.8, 4) is 0 Å². The molecule has 2 amide bonds. The lowest BCUT2D eigenvalue weighted by Gasteiger charge is -2.26. The first-order chi connectivity index (χ1) is 14.2. The zero-order valence-corrected chi connectivity index (χ0v) is 16.6. The quantitative estimate of drug-likeness (QED) is 0.803. The average Bonchev–Trinajstić information content (AvgIpc) is 3.25. The van der Waals surface area contributed by atoms with E-state index in [0.717, 1.165) is 72.3 Å². The number of benzene rings is 2. The molecule has 0 radical (unpaired) electrons. The summed E-state index contributed by atoms with van der Waals surface area (Å²) in [7, 11) is 0. The van der Waals surface area contributed by atoms with E-state index in [2.05, 4.69) is 17.4 Å². The van der Waals surface area contributed by atoms with Gasteiger partial charge in [-0.2, -0.15) is 0 Å². The summed E-state index contributed by atoms with van der Waals surface area (Å²) in [5.41, 5.74) is 11.6. The van der Waals surface area contributed by atoms with Crippen molar-refractivity contribution < 1.29 is 9.59 Å². The van der Waals surface area contributed by atoms with Crippen molar-refractivity contribution in [3.05, 3.63) is 65.2 Å². The monoisotopic (exact) mass is 389 g/mol. The largest absolute Gasteiger partial charge is 0.326 e. The van der Waals surface area contributed by atoms with Crippen LogP contribution in [0.25, 0.3) is 5.57 Å². The molecule has 2 aliphatic rings. The van der Waals surface area contributed by atoms with E-state index in [9.17, 15) is 9.59 Å². The summed E-state index contributed by atoms with van der Waals surface area (Å²) in [5, 5.41) is 3.03. The number of piperidine rings is 1. The Hall–Kier alpha value is -2.92. The number of allylic oxidation sites excluding steroid dienone is 1. The van der Waals surface area contributed by atoms with Gasteiger partial charge in [0.15, 0.2) is 0 Å². The van der Waals surface area contributed by atoms with Crippen LogP contribution in [0.4, 0.5) is 11.4 Å². The van der Waals surface area contributed by atoms with E-state index in [4.69, 9.17) is 5.73 Å². The summed E-state index contributed by atoms with van der Waals surface area (Å²) in [6, 6.07) is 15.7. The third-order valence-corrected chi connectivity index (χ3v) is 5.76. The number of hydrogen-bond donors (Lipinski definition) is 2. The molecule has 0 aromatic heterocycles. The van der Waals surface area contributed by atoms with Crippen LogP contribution in [0.5, 0.6) is 0 Å². The molecule has 2 aromatic rings. The number of nitrogens with one attached hydrogen (secondary N) is 1. The highest BCUT2D eigenvalue weighted by Crippen LogP contribution is 2.35. The molecule has 1 heterocycles. The van der Waals surface area contributed by atoms with Gasteiger partial charge in [0.05, 0.1) is 0 Å². The van der Waals surface area contributed by atoms with Crippen molar-refractivity contribution in [2.75, 3.05) is 16.8 Å². The van der Waals surface area contributed by atoms with Crippen LogP contribution in [0.3, 0.4) is 0 Å². The van der Waals surface area contributed by atoms with Gasteiger partial charge in [-0.15, -0.1) is 0 Å². The zero-order chi connectivity index (χ0) is 20.2. The normalized spacial score (nSPS) is 17.0. The van der Waals surface area contributed by atoms with Gasteiger partial charge >= 0.3 is 0 Å². The van der Waals surface area contributed by atoms with Gasteiger partial charge in [-0.3, -0.25) is 9.59 Å². The van der Waals surface area contributed by atoms with Gasteiger partial charge < -0.3 is 16.0 Å². The molecule has 4 rings (SSSR count). The fourth-order valence-electron chi connectivity index (χ4n) is 4.21. The van der Waals surface area contributed by atoms with Crippen LogP contribution in [0.2, 0.25) is 0 Å². The van der Waals surface area contributed by atoms with Gasteiger partial charge in [0, 0.05) is 36.5 Å². The fraction of sp³-hybridized carbons (Fsp3) is 0.333. The van der Waals surface area contributed by atoms with Crippen LogP contribution in [-0.4, -0.2) is 18.4 Å². The van der Waals surface area contributed by atoms with Crippen molar-refractivity contribution in [1.82, 2.24) is 0 Å². The molecular weight excluding hydrogens is 362 g/mol. The molecule has 2 aromatic carbocycles. The molecular formula is C24H27N3O2. The lowest BCUT2D eigenvalue weighted by molar-refractivity contribution is -0.119. The number of anilines is 2. The molecule has 0 atom stereocenters. The minimum atomic E-state index is -0.0440. The standard InChI is InChI=1S/C24H27N3O2/c25-16-17-5-3-6-18(15-17)21-7-4-8-22(21)24(29)26-19-10-12-20(13-11-19)27-14-2-1-9-23(27)28/h3,5-6,10-13,15H,1-2,4,7-9,14,16,25H2,(H,26,29). The number of carbonyl (C=O) groups excluding carboxylic acids is 2. The molecule has 0 unspecified atom stereocenters. The second kappa shape index (κ2) is 8.62. The Morgan fingerprint density at radius 3 is 2.59 bits per heavy atom. The Labute approximate surface area is 171 Å². The lowest BCUT2D eigenvalue weighted by Crippen LogP contribution is -2.35. The van der Waals surface area contributed by atoms with Crippen molar-refractivity contribution in [2.24, 2.45) is 5.73 Å². The number of rotatable bonds is 5. The van der Waals surface area contributed by atoms with Crippen LogP contribution in [0.1, 0.15) is 49.7 Å². The Bertz CT molecular complexity index is 947. The minimum Gasteiger partial charge on any atom is -0.326 e. The highest BCUT2D eigenvalue weighted by Gasteiger charge is 2.23. The van der Waals surface area contributed by atoms with Crippen LogP contribution >= 0.6 is 0 Å². The first-order valence-electron chi connectivity index (χ1n) is 10.4. The van der Waals surface area contributed by atoms with Crippen LogP contribution in [-0.2, 0) is 16.1 Å². The molecule has 0 saturated carbocycles. The summed E-state index contributed by atoms with van der Waals surface area (Å²) in [6.45, 7) is 1.26. The summed E-state index contributed by atoms with van der Waals surface area (Å²) >= 11 is 0. The molecule has 0 bridgehead atoms. The van der Waals surface area contributed by atoms with E-state index in [0.29, 0.717) is 13.0 Å². The number of amides is 2.